The molecule has 0 aromatic heterocycles. The van der Waals surface area contributed by atoms with E-state index in [9.17, 15) is 4.79 Å². The van der Waals surface area contributed by atoms with E-state index in [0.29, 0.717) is 19.1 Å². The van der Waals surface area contributed by atoms with E-state index >= 15 is 0 Å². The monoisotopic (exact) mass is 405 g/mol. The van der Waals surface area contributed by atoms with Gasteiger partial charge in [0.1, 0.15) is 12.4 Å². The summed E-state index contributed by atoms with van der Waals surface area (Å²) < 4.78 is 6.00. The first kappa shape index (κ1) is 24.8. The molecule has 7 heteroatoms. The van der Waals surface area contributed by atoms with E-state index in [2.05, 4.69) is 39.7 Å². The van der Waals surface area contributed by atoms with Gasteiger partial charge in [-0.25, -0.2) is 4.99 Å². The molecule has 29 heavy (non-hydrogen) atoms. The van der Waals surface area contributed by atoms with Crippen molar-refractivity contribution in [3.63, 3.8) is 0 Å². The van der Waals surface area contributed by atoms with E-state index < -0.39 is 0 Å². The molecule has 0 unspecified atom stereocenters. The Morgan fingerprint density at radius 3 is 2.41 bits per heavy atom. The van der Waals surface area contributed by atoms with Gasteiger partial charge in [0, 0.05) is 24.2 Å². The number of carbonyl (C=O) groups is 1. The first-order valence-electron chi connectivity index (χ1n) is 10.5. The Kier molecular flexibility index (Phi) is 11.1. The normalized spacial score (nSPS) is 12.0. The van der Waals surface area contributed by atoms with Crippen molar-refractivity contribution in [1.82, 2.24) is 20.9 Å². The zero-order valence-electron chi connectivity index (χ0n) is 19.0. The average molecular weight is 406 g/mol. The van der Waals surface area contributed by atoms with Crippen LogP contribution in [-0.2, 0) is 11.3 Å². The smallest absolute Gasteiger partial charge is 0.239 e. The van der Waals surface area contributed by atoms with Crippen molar-refractivity contribution in [3.05, 3.63) is 29.8 Å². The van der Waals surface area contributed by atoms with Crippen LogP contribution in [0, 0.1) is 0 Å². The number of nitrogens with zero attached hydrogens (tertiary/aromatic N) is 2. The van der Waals surface area contributed by atoms with Crippen molar-refractivity contribution in [2.75, 3.05) is 39.3 Å². The van der Waals surface area contributed by atoms with E-state index in [4.69, 9.17) is 4.74 Å². The van der Waals surface area contributed by atoms with Gasteiger partial charge in [-0.3, -0.25) is 4.79 Å². The molecule has 0 heterocycles. The van der Waals surface area contributed by atoms with Crippen LogP contribution < -0.4 is 20.7 Å². The molecule has 7 nitrogen and oxygen atoms in total. The topological polar surface area (TPSA) is 78.0 Å². The van der Waals surface area contributed by atoms with Crippen LogP contribution >= 0.6 is 0 Å². The predicted octanol–water partition coefficient (Wildman–Crippen LogP) is 2.38. The number of benzene rings is 1. The highest BCUT2D eigenvalue weighted by Gasteiger charge is 2.13. The summed E-state index contributed by atoms with van der Waals surface area (Å²) in [5, 5.41) is 9.19. The number of guanidine groups is 1. The molecule has 0 saturated carbocycles. The van der Waals surface area contributed by atoms with Crippen LogP contribution in [0.1, 0.15) is 47.1 Å². The van der Waals surface area contributed by atoms with E-state index in [1.807, 2.05) is 52.0 Å². The quantitative estimate of drug-likeness (QED) is 0.389. The lowest BCUT2D eigenvalue weighted by Gasteiger charge is -2.21. The fraction of sp³-hybridized carbons (Fsp3) is 0.636. The lowest BCUT2D eigenvalue weighted by Crippen LogP contribution is -2.48. The third-order valence-electron chi connectivity index (χ3n) is 4.21. The molecule has 0 atom stereocenters. The van der Waals surface area contributed by atoms with E-state index in [1.165, 1.54) is 0 Å². The van der Waals surface area contributed by atoms with Gasteiger partial charge in [0.25, 0.3) is 0 Å². The Labute approximate surface area is 176 Å². The molecule has 0 aliphatic rings. The highest BCUT2D eigenvalue weighted by Crippen LogP contribution is 2.18. The number of ether oxygens (including phenoxy) is 1. The predicted molar refractivity (Wildman–Crippen MR) is 120 cm³/mol. The number of hydrogen-bond acceptors (Lipinski definition) is 4. The lowest BCUT2D eigenvalue weighted by atomic mass is 10.1. The van der Waals surface area contributed by atoms with Crippen molar-refractivity contribution in [2.24, 2.45) is 4.99 Å². The second kappa shape index (κ2) is 13.0. The zero-order chi connectivity index (χ0) is 21.7. The molecule has 0 saturated heterocycles. The number of carbonyl (C=O) groups excluding carboxylic acids is 1. The molecule has 0 fully saturated rings. The van der Waals surface area contributed by atoms with Crippen molar-refractivity contribution in [2.45, 2.75) is 53.6 Å². The van der Waals surface area contributed by atoms with Crippen LogP contribution in [-0.4, -0.2) is 61.6 Å². The number of nitrogens with one attached hydrogen (secondary N) is 3. The zero-order valence-corrected chi connectivity index (χ0v) is 19.0. The number of amides is 1. The van der Waals surface area contributed by atoms with E-state index in [-0.39, 0.29) is 18.0 Å². The minimum atomic E-state index is -0.254. The number of likely N-dealkylation sites (N-methyl/N-ethyl adjacent to an activating group) is 1. The number of rotatable bonds is 11. The number of aliphatic imine (C=N–C) groups is 1. The molecule has 1 rings (SSSR count). The van der Waals surface area contributed by atoms with Crippen molar-refractivity contribution < 1.29 is 9.53 Å². The summed E-state index contributed by atoms with van der Waals surface area (Å²) in [6.45, 7) is 17.1. The molecule has 3 N–H and O–H groups in total. The summed E-state index contributed by atoms with van der Waals surface area (Å²) in [5.74, 6) is 1.39. The van der Waals surface area contributed by atoms with E-state index in [0.717, 1.165) is 37.5 Å². The van der Waals surface area contributed by atoms with Gasteiger partial charge >= 0.3 is 0 Å². The van der Waals surface area contributed by atoms with Gasteiger partial charge in [-0.2, -0.15) is 0 Å². The maximum Gasteiger partial charge on any atom is 0.239 e. The molecule has 0 aliphatic heterocycles. The summed E-state index contributed by atoms with van der Waals surface area (Å²) in [7, 11) is 0. The highest BCUT2D eigenvalue weighted by molar-refractivity contribution is 5.86. The first-order chi connectivity index (χ1) is 13.8. The fourth-order valence-corrected chi connectivity index (χ4v) is 2.73. The van der Waals surface area contributed by atoms with Crippen LogP contribution in [0.2, 0.25) is 0 Å². The second-order valence-corrected chi connectivity index (χ2v) is 7.83. The molecular weight excluding hydrogens is 366 g/mol. The molecule has 0 radical (unpaired) electrons. The Morgan fingerprint density at radius 2 is 1.79 bits per heavy atom. The van der Waals surface area contributed by atoms with Gasteiger partial charge in [0.2, 0.25) is 5.91 Å². The van der Waals surface area contributed by atoms with Crippen LogP contribution in [0.15, 0.2) is 29.3 Å². The van der Waals surface area contributed by atoms with Gasteiger partial charge in [-0.15, -0.1) is 0 Å². The van der Waals surface area contributed by atoms with Crippen LogP contribution in [0.4, 0.5) is 0 Å². The Morgan fingerprint density at radius 1 is 1.10 bits per heavy atom. The maximum atomic E-state index is 12.0. The number of para-hydroxylation sites is 1. The molecule has 1 aromatic carbocycles. The van der Waals surface area contributed by atoms with Gasteiger partial charge in [-0.1, -0.05) is 32.0 Å². The third-order valence-corrected chi connectivity index (χ3v) is 4.21. The first-order valence-corrected chi connectivity index (χ1v) is 10.5. The largest absolute Gasteiger partial charge is 0.492 e. The van der Waals surface area contributed by atoms with Crippen molar-refractivity contribution in [3.8, 4) is 5.75 Å². The molecule has 0 bridgehead atoms. The van der Waals surface area contributed by atoms with Gasteiger partial charge < -0.3 is 25.6 Å². The molecule has 0 aliphatic carbocycles. The van der Waals surface area contributed by atoms with Crippen LogP contribution in [0.25, 0.3) is 0 Å². The standard InChI is InChI=1S/C22H39N5O2/c1-7-23-21(25-17-20(28)26-22(4,5)6)24-16-18-12-10-11-13-19(18)29-15-14-27(8-2)9-3/h10-13H,7-9,14-17H2,1-6H3,(H,26,28)(H2,23,24,25). The minimum Gasteiger partial charge on any atom is -0.492 e. The number of hydrogen-bond donors (Lipinski definition) is 3. The van der Waals surface area contributed by atoms with Gasteiger partial charge in [-0.05, 0) is 46.9 Å². The summed E-state index contributed by atoms with van der Waals surface area (Å²) in [6.07, 6.45) is 0. The maximum absolute atomic E-state index is 12.0. The summed E-state index contributed by atoms with van der Waals surface area (Å²) in [4.78, 5) is 19.0. The van der Waals surface area contributed by atoms with Crippen molar-refractivity contribution >= 4 is 11.9 Å². The van der Waals surface area contributed by atoms with Crippen LogP contribution in [0.3, 0.4) is 0 Å². The Hall–Kier alpha value is -2.28. The van der Waals surface area contributed by atoms with Crippen LogP contribution in [0.5, 0.6) is 5.75 Å². The summed E-state index contributed by atoms with van der Waals surface area (Å²) in [6, 6.07) is 7.95. The van der Waals surface area contributed by atoms with Gasteiger partial charge in [0.05, 0.1) is 13.1 Å². The Bertz CT molecular complexity index is 636. The molecule has 1 amide bonds. The second-order valence-electron chi connectivity index (χ2n) is 7.83. The third kappa shape index (κ3) is 10.7. The Balaban J connectivity index is 2.68. The lowest BCUT2D eigenvalue weighted by molar-refractivity contribution is -0.121. The van der Waals surface area contributed by atoms with E-state index in [1.54, 1.807) is 0 Å². The summed E-state index contributed by atoms with van der Waals surface area (Å²) >= 11 is 0. The highest BCUT2D eigenvalue weighted by atomic mass is 16.5. The van der Waals surface area contributed by atoms with Gasteiger partial charge in [0.15, 0.2) is 5.96 Å². The molecule has 0 spiro atoms. The fourth-order valence-electron chi connectivity index (χ4n) is 2.73. The molecular formula is C22H39N5O2. The summed E-state index contributed by atoms with van der Waals surface area (Å²) in [5.41, 5.74) is 0.763. The SMILES string of the molecule is CCNC(=NCc1ccccc1OCCN(CC)CC)NCC(=O)NC(C)(C)C. The minimum absolute atomic E-state index is 0.0664. The molecule has 164 valence electrons. The van der Waals surface area contributed by atoms with Crippen molar-refractivity contribution in [1.29, 1.82) is 0 Å². The average Bonchev–Trinajstić information content (AvgIpc) is 2.67. The molecule has 1 aromatic rings.